The fourth-order valence-corrected chi connectivity index (χ4v) is 4.55. The van der Waals surface area contributed by atoms with E-state index in [0.717, 1.165) is 34.2 Å². The predicted molar refractivity (Wildman–Crippen MR) is 117 cm³/mol. The Labute approximate surface area is 170 Å². The van der Waals surface area contributed by atoms with E-state index in [-0.39, 0.29) is 5.92 Å². The van der Waals surface area contributed by atoms with E-state index in [9.17, 15) is 9.90 Å². The molecule has 0 saturated carbocycles. The molecule has 2 aromatic heterocycles. The number of piperidine rings is 1. The molecule has 4 aromatic rings. The highest BCUT2D eigenvalue weighted by Gasteiger charge is 2.27. The highest BCUT2D eigenvalue weighted by atomic mass is 31.0. The fourth-order valence-electron chi connectivity index (χ4n) is 4.19. The molecule has 2 N–H and O–H groups in total. The Morgan fingerprint density at radius 1 is 1.10 bits per heavy atom. The summed E-state index contributed by atoms with van der Waals surface area (Å²) in [5.74, 6) is -0.584. The number of fused-ring (bicyclic) bond motifs is 2. The molecular weight excluding hydrogens is 383 g/mol. The molecule has 7 heteroatoms. The van der Waals surface area contributed by atoms with Crippen LogP contribution in [0, 0.1) is 0 Å². The molecule has 5 rings (SSSR count). The normalized spacial score (nSPS) is 19.6. The molecular formula is C22H21N4O2P. The summed E-state index contributed by atoms with van der Waals surface area (Å²) in [6.45, 7) is 0.619. The van der Waals surface area contributed by atoms with Gasteiger partial charge in [-0.15, -0.1) is 9.24 Å². The van der Waals surface area contributed by atoms with Crippen LogP contribution in [-0.2, 0) is 4.79 Å². The summed E-state index contributed by atoms with van der Waals surface area (Å²) in [4.78, 5) is 16.1. The number of hydrogen-bond donors (Lipinski definition) is 2. The first kappa shape index (κ1) is 18.2. The van der Waals surface area contributed by atoms with Gasteiger partial charge in [-0.05, 0) is 40.5 Å². The second kappa shape index (κ2) is 7.21. The summed E-state index contributed by atoms with van der Waals surface area (Å²) in [5, 5.41) is 20.3. The van der Waals surface area contributed by atoms with Gasteiger partial charge < -0.3 is 10.4 Å². The van der Waals surface area contributed by atoms with E-state index in [0.29, 0.717) is 13.0 Å². The van der Waals surface area contributed by atoms with Crippen molar-refractivity contribution < 1.29 is 9.90 Å². The monoisotopic (exact) mass is 404 g/mol. The number of aliphatic carboxylic acids is 1. The average molecular weight is 404 g/mol. The first-order valence-electron chi connectivity index (χ1n) is 9.70. The lowest BCUT2D eigenvalue weighted by atomic mass is 9.92. The van der Waals surface area contributed by atoms with Gasteiger partial charge in [-0.3, -0.25) is 4.79 Å². The Kier molecular flexibility index (Phi) is 4.53. The van der Waals surface area contributed by atoms with Gasteiger partial charge in [0.25, 0.3) is 0 Å². The van der Waals surface area contributed by atoms with E-state index in [1.54, 1.807) is 4.52 Å². The van der Waals surface area contributed by atoms with Crippen LogP contribution in [0.25, 0.3) is 27.5 Å². The molecule has 1 saturated heterocycles. The molecule has 146 valence electrons. The molecule has 2 aromatic carbocycles. The molecule has 6 nitrogen and oxygen atoms in total. The maximum absolute atomic E-state index is 11.2. The predicted octanol–water partition coefficient (Wildman–Crippen LogP) is 2.97. The number of carbonyl (C=O) groups is 1. The Balaban J connectivity index is 1.57. The van der Waals surface area contributed by atoms with Gasteiger partial charge in [-0.25, -0.2) is 9.50 Å². The van der Waals surface area contributed by atoms with Gasteiger partial charge >= 0.3 is 5.97 Å². The van der Waals surface area contributed by atoms with Crippen molar-refractivity contribution in [3.63, 3.8) is 0 Å². The first-order valence-corrected chi connectivity index (χ1v) is 10.3. The van der Waals surface area contributed by atoms with Gasteiger partial charge in [-0.1, -0.05) is 36.4 Å². The Morgan fingerprint density at radius 2 is 1.93 bits per heavy atom. The van der Waals surface area contributed by atoms with E-state index in [4.69, 9.17) is 4.98 Å². The number of nitrogens with zero attached hydrogens (tertiary/aromatic N) is 3. The number of hydrogen-bond acceptors (Lipinski definition) is 4. The number of carboxylic acids is 1. The topological polar surface area (TPSA) is 79.5 Å². The SMILES string of the molecule is O=C(O)C1CCC(c2ccn3ncc(-c4cccc5c(P)cccc45)c3n2)CN1. The second-order valence-electron chi connectivity index (χ2n) is 7.50. The molecule has 0 radical (unpaired) electrons. The van der Waals surface area contributed by atoms with Gasteiger partial charge in [0.05, 0.1) is 6.20 Å². The largest absolute Gasteiger partial charge is 0.480 e. The molecule has 3 unspecified atom stereocenters. The smallest absolute Gasteiger partial charge is 0.320 e. The minimum atomic E-state index is -0.783. The van der Waals surface area contributed by atoms with E-state index >= 15 is 0 Å². The maximum atomic E-state index is 11.2. The summed E-state index contributed by atoms with van der Waals surface area (Å²) in [7, 11) is 2.80. The van der Waals surface area contributed by atoms with E-state index < -0.39 is 12.0 Å². The summed E-state index contributed by atoms with van der Waals surface area (Å²) in [5.41, 5.74) is 3.91. The number of nitrogens with one attached hydrogen (secondary N) is 1. The molecule has 29 heavy (non-hydrogen) atoms. The van der Waals surface area contributed by atoms with Gasteiger partial charge in [0.1, 0.15) is 6.04 Å². The van der Waals surface area contributed by atoms with Crippen molar-refractivity contribution in [3.05, 3.63) is 60.6 Å². The van der Waals surface area contributed by atoms with Crippen LogP contribution in [0.2, 0.25) is 0 Å². The first-order chi connectivity index (χ1) is 14.1. The molecule has 0 amide bonds. The Bertz CT molecular complexity index is 1230. The lowest BCUT2D eigenvalue weighted by Crippen LogP contribution is -2.43. The van der Waals surface area contributed by atoms with Crippen LogP contribution in [0.3, 0.4) is 0 Å². The van der Waals surface area contributed by atoms with Crippen molar-refractivity contribution >= 4 is 36.9 Å². The number of rotatable bonds is 3. The Morgan fingerprint density at radius 3 is 2.72 bits per heavy atom. The van der Waals surface area contributed by atoms with Crippen LogP contribution in [0.1, 0.15) is 24.5 Å². The zero-order chi connectivity index (χ0) is 20.0. The van der Waals surface area contributed by atoms with Crippen molar-refractivity contribution in [2.75, 3.05) is 6.54 Å². The van der Waals surface area contributed by atoms with Crippen molar-refractivity contribution in [2.24, 2.45) is 0 Å². The standard InChI is InChI=1S/C22H21N4O2P/c27-22(28)19-8-7-13(11-23-19)18-9-10-26-21(25-18)17(12-24-26)15-3-1-5-16-14(15)4-2-6-20(16)29/h1-6,9-10,12-13,19,23H,7-8,11,29H2,(H,27,28). The molecule has 3 atom stereocenters. The van der Waals surface area contributed by atoms with Crippen LogP contribution in [0.5, 0.6) is 0 Å². The van der Waals surface area contributed by atoms with Crippen molar-refractivity contribution in [3.8, 4) is 11.1 Å². The summed E-state index contributed by atoms with van der Waals surface area (Å²) >= 11 is 0. The van der Waals surface area contributed by atoms with Crippen LogP contribution in [0.4, 0.5) is 0 Å². The number of aromatic nitrogens is 3. The third kappa shape index (κ3) is 3.18. The van der Waals surface area contributed by atoms with E-state index in [1.165, 1.54) is 10.8 Å². The van der Waals surface area contributed by atoms with E-state index in [2.05, 4.69) is 56.1 Å². The van der Waals surface area contributed by atoms with Crippen molar-refractivity contribution in [1.29, 1.82) is 0 Å². The Hall–Kier alpha value is -2.82. The third-order valence-electron chi connectivity index (χ3n) is 5.77. The van der Waals surface area contributed by atoms with E-state index in [1.807, 2.05) is 18.5 Å². The molecule has 1 aliphatic heterocycles. The minimum absolute atomic E-state index is 0.199. The summed E-state index contributed by atoms with van der Waals surface area (Å²) in [6.07, 6.45) is 5.23. The van der Waals surface area contributed by atoms with Crippen molar-refractivity contribution in [2.45, 2.75) is 24.8 Å². The van der Waals surface area contributed by atoms with Crippen LogP contribution < -0.4 is 10.6 Å². The maximum Gasteiger partial charge on any atom is 0.320 e. The zero-order valence-corrected chi connectivity index (χ0v) is 16.9. The second-order valence-corrected chi connectivity index (χ2v) is 8.12. The van der Waals surface area contributed by atoms with Gasteiger partial charge in [0.2, 0.25) is 0 Å². The van der Waals surface area contributed by atoms with Crippen LogP contribution in [0.15, 0.2) is 54.9 Å². The van der Waals surface area contributed by atoms with Crippen LogP contribution >= 0.6 is 9.24 Å². The molecule has 1 fully saturated rings. The average Bonchev–Trinajstić information content (AvgIpc) is 3.17. The quantitative estimate of drug-likeness (QED) is 0.513. The fraction of sp³-hybridized carbons (Fsp3) is 0.227. The van der Waals surface area contributed by atoms with Gasteiger partial charge in [0.15, 0.2) is 5.65 Å². The molecule has 1 aliphatic rings. The number of benzene rings is 2. The molecule has 0 aliphatic carbocycles. The zero-order valence-electron chi connectivity index (χ0n) is 15.7. The highest BCUT2D eigenvalue weighted by molar-refractivity contribution is 7.28. The number of carboxylic acid groups (broad SMARTS) is 1. The lowest BCUT2D eigenvalue weighted by molar-refractivity contribution is -0.140. The highest BCUT2D eigenvalue weighted by Crippen LogP contribution is 2.32. The summed E-state index contributed by atoms with van der Waals surface area (Å²) < 4.78 is 1.80. The third-order valence-corrected chi connectivity index (χ3v) is 6.27. The molecule has 3 heterocycles. The van der Waals surface area contributed by atoms with Gasteiger partial charge in [0, 0.05) is 29.9 Å². The van der Waals surface area contributed by atoms with Crippen LogP contribution in [-0.4, -0.2) is 38.3 Å². The lowest BCUT2D eigenvalue weighted by Gasteiger charge is -2.27. The minimum Gasteiger partial charge on any atom is -0.480 e. The molecule has 0 bridgehead atoms. The molecule has 0 spiro atoms. The van der Waals surface area contributed by atoms with Gasteiger partial charge in [-0.2, -0.15) is 5.10 Å². The van der Waals surface area contributed by atoms with Crippen molar-refractivity contribution in [1.82, 2.24) is 19.9 Å². The summed E-state index contributed by atoms with van der Waals surface area (Å²) in [6, 6.07) is 14.1.